The molecule has 0 saturated heterocycles. The van der Waals surface area contributed by atoms with Gasteiger partial charge in [-0.3, -0.25) is 0 Å². The Kier molecular flexibility index (Phi) is 7.40. The van der Waals surface area contributed by atoms with E-state index in [2.05, 4.69) is 24.5 Å². The minimum absolute atomic E-state index is 0.532. The van der Waals surface area contributed by atoms with Gasteiger partial charge in [-0.1, -0.05) is 37.4 Å². The monoisotopic (exact) mass is 247 g/mol. The lowest BCUT2D eigenvalue weighted by atomic mass is 10.2. The van der Waals surface area contributed by atoms with Gasteiger partial charge in [-0.05, 0) is 19.0 Å². The fourth-order valence-electron chi connectivity index (χ4n) is 1.53. The van der Waals surface area contributed by atoms with Crippen molar-refractivity contribution < 1.29 is 9.47 Å². The predicted molar refractivity (Wildman–Crippen MR) is 74.6 cm³/mol. The van der Waals surface area contributed by atoms with Crippen LogP contribution in [0.3, 0.4) is 0 Å². The molecule has 0 aromatic heterocycles. The molecule has 0 bridgehead atoms. The van der Waals surface area contributed by atoms with Crippen molar-refractivity contribution in [2.45, 2.75) is 13.0 Å². The average Bonchev–Trinajstić information content (AvgIpc) is 2.41. The second-order valence-corrected chi connectivity index (χ2v) is 3.78. The third kappa shape index (κ3) is 5.55. The highest BCUT2D eigenvalue weighted by molar-refractivity contribution is 5.33. The number of ether oxygens (including phenoxy) is 2. The Morgan fingerprint density at radius 1 is 1.22 bits per heavy atom. The second kappa shape index (κ2) is 9.31. The molecule has 0 atom stereocenters. The van der Waals surface area contributed by atoms with Crippen LogP contribution in [0.15, 0.2) is 49.8 Å². The summed E-state index contributed by atoms with van der Waals surface area (Å²) >= 11 is 0. The quantitative estimate of drug-likeness (QED) is 0.392. The van der Waals surface area contributed by atoms with E-state index < -0.39 is 0 Å². The Balaban J connectivity index is 2.31. The van der Waals surface area contributed by atoms with Crippen molar-refractivity contribution in [1.29, 1.82) is 0 Å². The van der Waals surface area contributed by atoms with E-state index in [1.165, 1.54) is 6.26 Å². The maximum absolute atomic E-state index is 5.59. The summed E-state index contributed by atoms with van der Waals surface area (Å²) in [6.07, 6.45) is 4.18. The summed E-state index contributed by atoms with van der Waals surface area (Å²) in [6, 6.07) is 8.02. The summed E-state index contributed by atoms with van der Waals surface area (Å²) in [5.74, 6) is 0.909. The van der Waals surface area contributed by atoms with Crippen LogP contribution in [0.5, 0.6) is 5.75 Å². The van der Waals surface area contributed by atoms with E-state index in [0.29, 0.717) is 13.2 Å². The molecule has 0 fully saturated rings. The molecule has 0 aliphatic carbocycles. The van der Waals surface area contributed by atoms with Gasteiger partial charge >= 0.3 is 0 Å². The average molecular weight is 247 g/mol. The van der Waals surface area contributed by atoms with Crippen LogP contribution in [0, 0.1) is 0 Å². The van der Waals surface area contributed by atoms with Crippen LogP contribution in [0.2, 0.25) is 0 Å². The molecule has 0 amide bonds. The summed E-state index contributed by atoms with van der Waals surface area (Å²) in [5.41, 5.74) is 1.16. The van der Waals surface area contributed by atoms with Crippen molar-refractivity contribution in [2.24, 2.45) is 0 Å². The van der Waals surface area contributed by atoms with Gasteiger partial charge in [0.2, 0.25) is 0 Å². The molecular weight excluding hydrogens is 226 g/mol. The molecule has 98 valence electrons. The van der Waals surface area contributed by atoms with Gasteiger partial charge in [-0.15, -0.1) is 0 Å². The number of para-hydroxylation sites is 1. The number of hydrogen-bond acceptors (Lipinski definition) is 3. The zero-order valence-corrected chi connectivity index (χ0v) is 10.7. The highest BCUT2D eigenvalue weighted by Crippen LogP contribution is 2.17. The normalized spacial score (nSPS) is 9.78. The van der Waals surface area contributed by atoms with E-state index in [1.54, 1.807) is 6.08 Å². The Bertz CT molecular complexity index is 363. The molecule has 1 rings (SSSR count). The molecule has 3 heteroatoms. The lowest BCUT2D eigenvalue weighted by Gasteiger charge is -2.10. The van der Waals surface area contributed by atoms with E-state index >= 15 is 0 Å². The molecule has 1 aromatic carbocycles. The molecule has 0 aliphatic rings. The highest BCUT2D eigenvalue weighted by Gasteiger charge is 2.01. The summed E-state index contributed by atoms with van der Waals surface area (Å²) in [4.78, 5) is 0. The van der Waals surface area contributed by atoms with Crippen molar-refractivity contribution in [3.05, 3.63) is 55.3 Å². The van der Waals surface area contributed by atoms with Gasteiger partial charge in [-0.2, -0.15) is 0 Å². The van der Waals surface area contributed by atoms with E-state index in [1.807, 2.05) is 18.2 Å². The predicted octanol–water partition coefficient (Wildman–Crippen LogP) is 2.89. The standard InChI is InChI=1S/C15H21NO2/c1-3-11-18-15-9-6-5-8-14(15)13-16-10-7-12-17-4-2/h3-6,8-9,16H,1-2,7,10-13H2. The van der Waals surface area contributed by atoms with Gasteiger partial charge in [0.25, 0.3) is 0 Å². The van der Waals surface area contributed by atoms with Gasteiger partial charge in [0.15, 0.2) is 0 Å². The van der Waals surface area contributed by atoms with Crippen LogP contribution in [-0.4, -0.2) is 19.8 Å². The first-order valence-corrected chi connectivity index (χ1v) is 6.13. The first-order valence-electron chi connectivity index (χ1n) is 6.13. The third-order valence-electron chi connectivity index (χ3n) is 2.38. The van der Waals surface area contributed by atoms with Gasteiger partial charge in [0.05, 0.1) is 12.9 Å². The van der Waals surface area contributed by atoms with Gasteiger partial charge in [-0.25, -0.2) is 0 Å². The van der Waals surface area contributed by atoms with Crippen LogP contribution >= 0.6 is 0 Å². The van der Waals surface area contributed by atoms with Crippen molar-refractivity contribution in [3.63, 3.8) is 0 Å². The van der Waals surface area contributed by atoms with E-state index in [4.69, 9.17) is 9.47 Å². The largest absolute Gasteiger partial charge is 0.502 e. The van der Waals surface area contributed by atoms with Crippen LogP contribution in [-0.2, 0) is 11.3 Å². The van der Waals surface area contributed by atoms with Crippen LogP contribution in [0.1, 0.15) is 12.0 Å². The Morgan fingerprint density at radius 2 is 2.06 bits per heavy atom. The van der Waals surface area contributed by atoms with Gasteiger partial charge < -0.3 is 14.8 Å². The molecule has 3 nitrogen and oxygen atoms in total. The number of nitrogens with one attached hydrogen (secondary N) is 1. The molecule has 0 radical (unpaired) electrons. The fourth-order valence-corrected chi connectivity index (χ4v) is 1.53. The Hall–Kier alpha value is -1.74. The maximum atomic E-state index is 5.59. The first kappa shape index (κ1) is 14.3. The number of rotatable bonds is 10. The summed E-state index contributed by atoms with van der Waals surface area (Å²) < 4.78 is 10.6. The number of hydrogen-bond donors (Lipinski definition) is 1. The zero-order valence-electron chi connectivity index (χ0n) is 10.7. The topological polar surface area (TPSA) is 30.5 Å². The van der Waals surface area contributed by atoms with Crippen molar-refractivity contribution in [2.75, 3.05) is 19.8 Å². The fraction of sp³-hybridized carbons (Fsp3) is 0.333. The highest BCUT2D eigenvalue weighted by atomic mass is 16.5. The molecule has 0 saturated carbocycles. The maximum Gasteiger partial charge on any atom is 0.124 e. The molecule has 1 N–H and O–H groups in total. The Morgan fingerprint density at radius 3 is 2.83 bits per heavy atom. The first-order chi connectivity index (χ1) is 8.88. The molecule has 0 heterocycles. The molecule has 0 spiro atoms. The lowest BCUT2D eigenvalue weighted by molar-refractivity contribution is 0.244. The minimum atomic E-state index is 0.532. The van der Waals surface area contributed by atoms with Crippen molar-refractivity contribution in [1.82, 2.24) is 5.32 Å². The molecular formula is C15H21NO2. The van der Waals surface area contributed by atoms with E-state index in [9.17, 15) is 0 Å². The lowest BCUT2D eigenvalue weighted by Crippen LogP contribution is -2.16. The van der Waals surface area contributed by atoms with Gasteiger partial charge in [0, 0.05) is 12.1 Å². The number of benzene rings is 1. The second-order valence-electron chi connectivity index (χ2n) is 3.78. The molecule has 0 aliphatic heterocycles. The van der Waals surface area contributed by atoms with Crippen LogP contribution in [0.25, 0.3) is 0 Å². The summed E-state index contributed by atoms with van der Waals surface area (Å²) in [5, 5.41) is 3.36. The summed E-state index contributed by atoms with van der Waals surface area (Å²) in [7, 11) is 0. The summed E-state index contributed by atoms with van der Waals surface area (Å²) in [6.45, 7) is 10.1. The van der Waals surface area contributed by atoms with E-state index in [-0.39, 0.29) is 0 Å². The molecule has 1 aromatic rings. The van der Waals surface area contributed by atoms with Crippen molar-refractivity contribution in [3.8, 4) is 5.75 Å². The smallest absolute Gasteiger partial charge is 0.124 e. The zero-order chi connectivity index (χ0) is 13.1. The van der Waals surface area contributed by atoms with E-state index in [0.717, 1.165) is 30.8 Å². The Labute approximate surface area is 109 Å². The molecule has 0 unspecified atom stereocenters. The van der Waals surface area contributed by atoms with Gasteiger partial charge in [0.1, 0.15) is 12.4 Å². The van der Waals surface area contributed by atoms with Crippen molar-refractivity contribution >= 4 is 0 Å². The SMILES string of the molecule is C=CCOc1ccccc1CNCCCOC=C. The molecule has 18 heavy (non-hydrogen) atoms. The third-order valence-corrected chi connectivity index (χ3v) is 2.38. The van der Waals surface area contributed by atoms with Crippen LogP contribution < -0.4 is 10.1 Å². The van der Waals surface area contributed by atoms with Crippen LogP contribution in [0.4, 0.5) is 0 Å². The minimum Gasteiger partial charge on any atom is -0.502 e.